The lowest BCUT2D eigenvalue weighted by Crippen LogP contribution is -2.42. The molecular weight excluding hydrogens is 207 g/mol. The molecule has 0 aromatic heterocycles. The molecule has 0 spiro atoms. The number of halogens is 1. The quantitative estimate of drug-likeness (QED) is 0.715. The van der Waals surface area contributed by atoms with E-state index < -0.39 is 5.60 Å². The fourth-order valence-corrected chi connectivity index (χ4v) is 2.03. The van der Waals surface area contributed by atoms with Gasteiger partial charge in [0, 0.05) is 24.5 Å². The number of benzene rings is 1. The van der Waals surface area contributed by atoms with Crippen molar-refractivity contribution in [2.45, 2.75) is 25.4 Å². The fourth-order valence-electron chi connectivity index (χ4n) is 2.03. The first kappa shape index (κ1) is 11.2. The Morgan fingerprint density at radius 3 is 2.50 bits per heavy atom. The van der Waals surface area contributed by atoms with Crippen molar-refractivity contribution in [3.63, 3.8) is 0 Å². The molecule has 0 saturated carbocycles. The third kappa shape index (κ3) is 2.44. The van der Waals surface area contributed by atoms with Crippen molar-refractivity contribution in [2.24, 2.45) is 0 Å². The molecule has 2 rings (SSSR count). The van der Waals surface area contributed by atoms with Crippen LogP contribution in [0.4, 0.5) is 15.8 Å². The monoisotopic (exact) mass is 224 g/mol. The largest absolute Gasteiger partial charge is 0.399 e. The number of hydrogen-bond acceptors (Lipinski definition) is 3. The summed E-state index contributed by atoms with van der Waals surface area (Å²) in [4.78, 5) is 2.05. The number of nitrogen functional groups attached to an aromatic ring is 1. The van der Waals surface area contributed by atoms with Gasteiger partial charge in [0.15, 0.2) is 0 Å². The van der Waals surface area contributed by atoms with Gasteiger partial charge in [-0.25, -0.2) is 4.39 Å². The van der Waals surface area contributed by atoms with Crippen molar-refractivity contribution >= 4 is 11.4 Å². The Bertz CT molecular complexity index is 362. The lowest BCUT2D eigenvalue weighted by molar-refractivity contribution is 0.0351. The SMILES string of the molecule is CC1(O)CCN(c2cc(N)cc(F)c2)CC1. The smallest absolute Gasteiger partial charge is 0.127 e. The first-order valence-corrected chi connectivity index (χ1v) is 5.50. The van der Waals surface area contributed by atoms with E-state index >= 15 is 0 Å². The van der Waals surface area contributed by atoms with Gasteiger partial charge < -0.3 is 15.7 Å². The highest BCUT2D eigenvalue weighted by Gasteiger charge is 2.27. The molecule has 0 unspecified atom stereocenters. The molecule has 3 nitrogen and oxygen atoms in total. The van der Waals surface area contributed by atoms with E-state index in [2.05, 4.69) is 4.90 Å². The lowest BCUT2D eigenvalue weighted by Gasteiger charge is -2.37. The van der Waals surface area contributed by atoms with E-state index in [1.165, 1.54) is 12.1 Å². The van der Waals surface area contributed by atoms with Gasteiger partial charge in [0.05, 0.1) is 5.60 Å². The molecule has 0 bridgehead atoms. The summed E-state index contributed by atoms with van der Waals surface area (Å²) < 4.78 is 13.2. The van der Waals surface area contributed by atoms with Gasteiger partial charge in [0.25, 0.3) is 0 Å². The Morgan fingerprint density at radius 2 is 1.94 bits per heavy atom. The van der Waals surface area contributed by atoms with Crippen LogP contribution in [0.15, 0.2) is 18.2 Å². The summed E-state index contributed by atoms with van der Waals surface area (Å²) in [5.74, 6) is -0.313. The first-order valence-electron chi connectivity index (χ1n) is 5.50. The zero-order chi connectivity index (χ0) is 11.8. The molecule has 0 amide bonds. The van der Waals surface area contributed by atoms with Crippen molar-refractivity contribution in [2.75, 3.05) is 23.7 Å². The molecule has 16 heavy (non-hydrogen) atoms. The van der Waals surface area contributed by atoms with E-state index in [0.29, 0.717) is 18.5 Å². The van der Waals surface area contributed by atoms with Gasteiger partial charge in [-0.2, -0.15) is 0 Å². The molecule has 1 aliphatic heterocycles. The van der Waals surface area contributed by atoms with Crippen LogP contribution in [0.5, 0.6) is 0 Å². The maximum atomic E-state index is 13.2. The fraction of sp³-hybridized carbons (Fsp3) is 0.500. The molecule has 0 atom stereocenters. The summed E-state index contributed by atoms with van der Waals surface area (Å²) >= 11 is 0. The highest BCUT2D eigenvalue weighted by molar-refractivity contribution is 5.56. The van der Waals surface area contributed by atoms with Crippen molar-refractivity contribution in [3.05, 3.63) is 24.0 Å². The van der Waals surface area contributed by atoms with Crippen LogP contribution in [0.25, 0.3) is 0 Å². The second-order valence-corrected chi connectivity index (χ2v) is 4.73. The average Bonchev–Trinajstić information content (AvgIpc) is 2.15. The van der Waals surface area contributed by atoms with Gasteiger partial charge in [-0.05, 0) is 38.0 Å². The van der Waals surface area contributed by atoms with Crippen LogP contribution in [0, 0.1) is 5.82 Å². The number of aliphatic hydroxyl groups is 1. The second kappa shape index (κ2) is 3.94. The molecule has 0 radical (unpaired) electrons. The Labute approximate surface area is 94.7 Å². The standard InChI is InChI=1S/C12H17FN2O/c1-12(16)2-4-15(5-3-12)11-7-9(13)6-10(14)8-11/h6-8,16H,2-5,14H2,1H3. The molecule has 1 saturated heterocycles. The number of nitrogens with zero attached hydrogens (tertiary/aromatic N) is 1. The Hall–Kier alpha value is -1.29. The number of piperidine rings is 1. The second-order valence-electron chi connectivity index (χ2n) is 4.73. The average molecular weight is 224 g/mol. The van der Waals surface area contributed by atoms with Crippen molar-refractivity contribution in [1.29, 1.82) is 0 Å². The van der Waals surface area contributed by atoms with E-state index in [-0.39, 0.29) is 5.82 Å². The van der Waals surface area contributed by atoms with E-state index in [1.807, 2.05) is 6.92 Å². The predicted molar refractivity (Wildman–Crippen MR) is 62.9 cm³/mol. The zero-order valence-electron chi connectivity index (χ0n) is 9.41. The Kier molecular flexibility index (Phi) is 2.76. The van der Waals surface area contributed by atoms with E-state index in [9.17, 15) is 9.50 Å². The lowest BCUT2D eigenvalue weighted by atomic mass is 9.93. The summed E-state index contributed by atoms with van der Waals surface area (Å²) in [6, 6.07) is 4.56. The van der Waals surface area contributed by atoms with Crippen LogP contribution < -0.4 is 10.6 Å². The Balaban J connectivity index is 2.14. The van der Waals surface area contributed by atoms with Crippen LogP contribution in [0.2, 0.25) is 0 Å². The summed E-state index contributed by atoms with van der Waals surface area (Å²) in [5.41, 5.74) is 6.25. The third-order valence-corrected chi connectivity index (χ3v) is 3.11. The Morgan fingerprint density at radius 1 is 1.31 bits per heavy atom. The maximum Gasteiger partial charge on any atom is 0.127 e. The zero-order valence-corrected chi connectivity index (χ0v) is 9.41. The summed E-state index contributed by atoms with van der Waals surface area (Å²) in [5, 5.41) is 9.82. The van der Waals surface area contributed by atoms with Gasteiger partial charge in [-0.3, -0.25) is 0 Å². The minimum Gasteiger partial charge on any atom is -0.399 e. The van der Waals surface area contributed by atoms with Crippen LogP contribution in [-0.4, -0.2) is 23.8 Å². The van der Waals surface area contributed by atoms with E-state index in [4.69, 9.17) is 5.73 Å². The van der Waals surface area contributed by atoms with Gasteiger partial charge in [-0.15, -0.1) is 0 Å². The van der Waals surface area contributed by atoms with Gasteiger partial charge in [-0.1, -0.05) is 0 Å². The molecule has 1 aromatic rings. The van der Waals surface area contributed by atoms with E-state index in [1.54, 1.807) is 6.07 Å². The summed E-state index contributed by atoms with van der Waals surface area (Å²) in [6.07, 6.45) is 1.40. The number of rotatable bonds is 1. The molecule has 3 N–H and O–H groups in total. The molecular formula is C12H17FN2O. The van der Waals surface area contributed by atoms with Gasteiger partial charge in [0.2, 0.25) is 0 Å². The molecule has 1 fully saturated rings. The number of hydrogen-bond donors (Lipinski definition) is 2. The minimum atomic E-state index is -0.588. The maximum absolute atomic E-state index is 13.2. The van der Waals surface area contributed by atoms with Crippen molar-refractivity contribution in [3.8, 4) is 0 Å². The minimum absolute atomic E-state index is 0.313. The van der Waals surface area contributed by atoms with Gasteiger partial charge in [0.1, 0.15) is 5.82 Å². The summed E-state index contributed by atoms with van der Waals surface area (Å²) in [7, 11) is 0. The molecule has 1 aromatic carbocycles. The normalized spacial score (nSPS) is 19.8. The predicted octanol–water partition coefficient (Wildman–Crippen LogP) is 1.76. The molecule has 1 heterocycles. The molecule has 1 aliphatic rings. The third-order valence-electron chi connectivity index (χ3n) is 3.11. The van der Waals surface area contributed by atoms with Crippen molar-refractivity contribution < 1.29 is 9.50 Å². The highest BCUT2D eigenvalue weighted by atomic mass is 19.1. The number of anilines is 2. The van der Waals surface area contributed by atoms with Crippen LogP contribution in [0.1, 0.15) is 19.8 Å². The van der Waals surface area contributed by atoms with Crippen LogP contribution in [-0.2, 0) is 0 Å². The van der Waals surface area contributed by atoms with Crippen LogP contribution >= 0.6 is 0 Å². The molecule has 4 heteroatoms. The van der Waals surface area contributed by atoms with Gasteiger partial charge >= 0.3 is 0 Å². The molecule has 0 aliphatic carbocycles. The van der Waals surface area contributed by atoms with Crippen LogP contribution in [0.3, 0.4) is 0 Å². The molecule has 88 valence electrons. The number of nitrogens with two attached hydrogens (primary N) is 1. The summed E-state index contributed by atoms with van der Waals surface area (Å²) in [6.45, 7) is 3.30. The topological polar surface area (TPSA) is 49.5 Å². The highest BCUT2D eigenvalue weighted by Crippen LogP contribution is 2.27. The first-order chi connectivity index (χ1) is 7.46. The van der Waals surface area contributed by atoms with E-state index in [0.717, 1.165) is 18.8 Å². The van der Waals surface area contributed by atoms with Crippen molar-refractivity contribution in [1.82, 2.24) is 0 Å².